The molecular formula is C21H23N3O2S2. The number of thiophene rings is 1. The SMILES string of the molecule is Cc1ccc(-c2csc3nc(SCC(=O)N4CCC(C)CC4)[nH]c(=O)c23)cc1. The Bertz CT molecular complexity index is 1050. The summed E-state index contributed by atoms with van der Waals surface area (Å²) in [4.78, 5) is 35.2. The van der Waals surface area contributed by atoms with Crippen LogP contribution >= 0.6 is 23.1 Å². The number of fused-ring (bicyclic) bond motifs is 1. The molecule has 1 fully saturated rings. The highest BCUT2D eigenvalue weighted by Crippen LogP contribution is 2.31. The first-order valence-corrected chi connectivity index (χ1v) is 11.4. The van der Waals surface area contributed by atoms with Gasteiger partial charge in [-0.25, -0.2) is 4.98 Å². The number of carbonyl (C=O) groups is 1. The first-order chi connectivity index (χ1) is 13.5. The van der Waals surface area contributed by atoms with Gasteiger partial charge in [0.25, 0.3) is 5.56 Å². The number of nitrogens with one attached hydrogen (secondary N) is 1. The number of H-pyrrole nitrogens is 1. The van der Waals surface area contributed by atoms with Gasteiger partial charge in [0, 0.05) is 24.0 Å². The number of benzene rings is 1. The summed E-state index contributed by atoms with van der Waals surface area (Å²) < 4.78 is 0. The van der Waals surface area contributed by atoms with Gasteiger partial charge in [0.2, 0.25) is 5.91 Å². The molecule has 0 aliphatic carbocycles. The van der Waals surface area contributed by atoms with E-state index in [-0.39, 0.29) is 11.5 Å². The Morgan fingerprint density at radius 3 is 2.71 bits per heavy atom. The van der Waals surface area contributed by atoms with Crippen LogP contribution in [-0.4, -0.2) is 39.6 Å². The number of rotatable bonds is 4. The third-order valence-corrected chi connectivity index (χ3v) is 6.98. The maximum atomic E-state index is 12.7. The van der Waals surface area contributed by atoms with E-state index in [1.54, 1.807) is 0 Å². The van der Waals surface area contributed by atoms with Gasteiger partial charge >= 0.3 is 0 Å². The number of aromatic nitrogens is 2. The number of piperidine rings is 1. The molecular weight excluding hydrogens is 390 g/mol. The van der Waals surface area contributed by atoms with Crippen LogP contribution < -0.4 is 5.56 Å². The Morgan fingerprint density at radius 2 is 2.00 bits per heavy atom. The average molecular weight is 414 g/mol. The second-order valence-electron chi connectivity index (χ2n) is 7.42. The molecule has 0 unspecified atom stereocenters. The Morgan fingerprint density at radius 1 is 1.29 bits per heavy atom. The lowest BCUT2D eigenvalue weighted by Gasteiger charge is -2.30. The molecule has 146 valence electrons. The van der Waals surface area contributed by atoms with Gasteiger partial charge in [-0.15, -0.1) is 11.3 Å². The van der Waals surface area contributed by atoms with Crippen molar-refractivity contribution in [3.05, 3.63) is 45.6 Å². The van der Waals surface area contributed by atoms with Crippen LogP contribution in [0.2, 0.25) is 0 Å². The van der Waals surface area contributed by atoms with Crippen molar-refractivity contribution < 1.29 is 4.79 Å². The van der Waals surface area contributed by atoms with Crippen molar-refractivity contribution in [3.8, 4) is 11.1 Å². The summed E-state index contributed by atoms with van der Waals surface area (Å²) in [5.41, 5.74) is 2.95. The highest BCUT2D eigenvalue weighted by atomic mass is 32.2. The third kappa shape index (κ3) is 4.00. The lowest BCUT2D eigenvalue weighted by molar-refractivity contribution is -0.129. The van der Waals surface area contributed by atoms with E-state index < -0.39 is 0 Å². The van der Waals surface area contributed by atoms with E-state index in [2.05, 4.69) is 16.9 Å². The summed E-state index contributed by atoms with van der Waals surface area (Å²) in [5.74, 6) is 1.11. The minimum Gasteiger partial charge on any atom is -0.342 e. The van der Waals surface area contributed by atoms with Crippen LogP contribution in [0.15, 0.2) is 39.6 Å². The normalized spacial score (nSPS) is 15.3. The molecule has 1 amide bonds. The molecule has 1 aromatic carbocycles. The molecule has 1 saturated heterocycles. The molecule has 0 bridgehead atoms. The van der Waals surface area contributed by atoms with Gasteiger partial charge < -0.3 is 9.88 Å². The molecule has 1 aliphatic rings. The Balaban J connectivity index is 1.51. The van der Waals surface area contributed by atoms with Gasteiger partial charge in [0.15, 0.2) is 5.16 Å². The first-order valence-electron chi connectivity index (χ1n) is 9.50. The van der Waals surface area contributed by atoms with Crippen molar-refractivity contribution in [2.24, 2.45) is 5.92 Å². The van der Waals surface area contributed by atoms with Gasteiger partial charge in [0.05, 0.1) is 11.1 Å². The van der Waals surface area contributed by atoms with Crippen molar-refractivity contribution in [2.45, 2.75) is 31.8 Å². The monoisotopic (exact) mass is 413 g/mol. The third-order valence-electron chi connectivity index (χ3n) is 5.25. The molecule has 28 heavy (non-hydrogen) atoms. The summed E-state index contributed by atoms with van der Waals surface area (Å²) in [5, 5.41) is 3.11. The molecule has 0 saturated carbocycles. The summed E-state index contributed by atoms with van der Waals surface area (Å²) >= 11 is 2.77. The fourth-order valence-corrected chi connectivity index (χ4v) is 5.19. The number of likely N-dealkylation sites (tertiary alicyclic amines) is 1. The van der Waals surface area contributed by atoms with Crippen LogP contribution in [0.3, 0.4) is 0 Å². The average Bonchev–Trinajstić information content (AvgIpc) is 3.12. The second-order valence-corrected chi connectivity index (χ2v) is 9.24. The summed E-state index contributed by atoms with van der Waals surface area (Å²) in [6, 6.07) is 8.13. The maximum Gasteiger partial charge on any atom is 0.260 e. The first kappa shape index (κ1) is 19.2. The van der Waals surface area contributed by atoms with E-state index in [1.165, 1.54) is 28.7 Å². The largest absolute Gasteiger partial charge is 0.342 e. The highest BCUT2D eigenvalue weighted by molar-refractivity contribution is 7.99. The Kier molecular flexibility index (Phi) is 5.55. The van der Waals surface area contributed by atoms with Gasteiger partial charge in [-0.05, 0) is 31.2 Å². The number of thioether (sulfide) groups is 1. The van der Waals surface area contributed by atoms with E-state index >= 15 is 0 Å². The molecule has 3 heterocycles. The maximum absolute atomic E-state index is 12.7. The van der Waals surface area contributed by atoms with Crippen LogP contribution in [0.25, 0.3) is 21.3 Å². The topological polar surface area (TPSA) is 66.1 Å². The van der Waals surface area contributed by atoms with Gasteiger partial charge in [-0.2, -0.15) is 0 Å². The lowest BCUT2D eigenvalue weighted by atomic mass is 9.99. The molecule has 5 nitrogen and oxygen atoms in total. The van der Waals surface area contributed by atoms with E-state index in [0.717, 1.165) is 37.1 Å². The zero-order valence-corrected chi connectivity index (χ0v) is 17.7. The van der Waals surface area contributed by atoms with E-state index in [0.29, 0.717) is 27.0 Å². The molecule has 1 aliphatic heterocycles. The molecule has 3 aromatic rings. The summed E-state index contributed by atoms with van der Waals surface area (Å²) in [6.07, 6.45) is 2.13. The molecule has 0 atom stereocenters. The molecule has 2 aromatic heterocycles. The number of aryl methyl sites for hydroxylation is 1. The number of amides is 1. The number of hydrogen-bond acceptors (Lipinski definition) is 5. The predicted molar refractivity (Wildman–Crippen MR) is 116 cm³/mol. The van der Waals surface area contributed by atoms with Crippen LogP contribution in [-0.2, 0) is 4.79 Å². The zero-order valence-electron chi connectivity index (χ0n) is 16.0. The molecule has 0 radical (unpaired) electrons. The van der Waals surface area contributed by atoms with Gasteiger partial charge in [-0.3, -0.25) is 9.59 Å². The van der Waals surface area contributed by atoms with E-state index in [1.807, 2.05) is 41.5 Å². The smallest absolute Gasteiger partial charge is 0.260 e. The standard InChI is InChI=1S/C21H23N3O2S2/c1-13-3-5-15(6-4-13)16-11-27-20-18(16)19(26)22-21(23-20)28-12-17(25)24-9-7-14(2)8-10-24/h3-6,11,14H,7-10,12H2,1-2H3,(H,22,23,26). The fraction of sp³-hybridized carbons (Fsp3) is 0.381. The van der Waals surface area contributed by atoms with Gasteiger partial charge in [0.1, 0.15) is 4.83 Å². The van der Waals surface area contributed by atoms with E-state index in [9.17, 15) is 9.59 Å². The second kappa shape index (κ2) is 8.09. The number of aromatic amines is 1. The molecule has 0 spiro atoms. The van der Waals surface area contributed by atoms with Gasteiger partial charge in [-0.1, -0.05) is 48.5 Å². The van der Waals surface area contributed by atoms with Crippen molar-refractivity contribution >= 4 is 39.2 Å². The predicted octanol–water partition coefficient (Wildman–Crippen LogP) is 4.31. The molecule has 4 rings (SSSR count). The van der Waals surface area contributed by atoms with Crippen LogP contribution in [0.4, 0.5) is 0 Å². The summed E-state index contributed by atoms with van der Waals surface area (Å²) in [6.45, 7) is 5.92. The number of hydrogen-bond donors (Lipinski definition) is 1. The van der Waals surface area contributed by atoms with Crippen LogP contribution in [0.1, 0.15) is 25.3 Å². The lowest BCUT2D eigenvalue weighted by Crippen LogP contribution is -2.38. The fourth-order valence-electron chi connectivity index (χ4n) is 3.42. The van der Waals surface area contributed by atoms with Crippen molar-refractivity contribution in [1.29, 1.82) is 0 Å². The number of carbonyl (C=O) groups excluding carboxylic acids is 1. The highest BCUT2D eigenvalue weighted by Gasteiger charge is 2.21. The van der Waals surface area contributed by atoms with Crippen molar-refractivity contribution in [2.75, 3.05) is 18.8 Å². The van der Waals surface area contributed by atoms with Crippen molar-refractivity contribution in [1.82, 2.24) is 14.9 Å². The molecule has 1 N–H and O–H groups in total. The minimum atomic E-state index is -0.149. The summed E-state index contributed by atoms with van der Waals surface area (Å²) in [7, 11) is 0. The van der Waals surface area contributed by atoms with Crippen molar-refractivity contribution in [3.63, 3.8) is 0 Å². The Labute approximate surface area is 172 Å². The van der Waals surface area contributed by atoms with Crippen LogP contribution in [0, 0.1) is 12.8 Å². The zero-order chi connectivity index (χ0) is 19.7. The Hall–Kier alpha value is -2.12. The van der Waals surface area contributed by atoms with E-state index in [4.69, 9.17) is 0 Å². The minimum absolute atomic E-state index is 0.117. The quantitative estimate of drug-likeness (QED) is 0.511. The molecule has 7 heteroatoms. The number of nitrogens with zero attached hydrogens (tertiary/aromatic N) is 2. The van der Waals surface area contributed by atoms with Crippen LogP contribution in [0.5, 0.6) is 0 Å².